The van der Waals surface area contributed by atoms with Crippen LogP contribution in [-0.4, -0.2) is 54.8 Å². The van der Waals surface area contributed by atoms with E-state index in [-0.39, 0.29) is 40.1 Å². The van der Waals surface area contributed by atoms with Gasteiger partial charge >= 0.3 is 11.8 Å². The Kier molecular flexibility index (Phi) is 5.67. The molecule has 1 amide bonds. The number of carboxylic acid groups (broad SMARTS) is 1. The van der Waals surface area contributed by atoms with E-state index in [1.807, 2.05) is 0 Å². The minimum absolute atomic E-state index is 0.0261. The zero-order valence-corrected chi connectivity index (χ0v) is 18.5. The van der Waals surface area contributed by atoms with Crippen LogP contribution in [0.3, 0.4) is 0 Å². The van der Waals surface area contributed by atoms with E-state index in [0.29, 0.717) is 37.0 Å². The summed E-state index contributed by atoms with van der Waals surface area (Å²) in [6, 6.07) is 0.674. The molecule has 14 heteroatoms. The molecule has 0 spiro atoms. The van der Waals surface area contributed by atoms with E-state index in [0.717, 1.165) is 12.3 Å². The van der Waals surface area contributed by atoms with Gasteiger partial charge in [-0.2, -0.15) is 4.68 Å². The van der Waals surface area contributed by atoms with Gasteiger partial charge in [0.2, 0.25) is 10.0 Å². The van der Waals surface area contributed by atoms with Crippen LogP contribution >= 0.6 is 11.6 Å². The summed E-state index contributed by atoms with van der Waals surface area (Å²) in [5.74, 6) is -0.867. The van der Waals surface area contributed by atoms with Crippen LogP contribution in [0.4, 0.5) is 14.9 Å². The van der Waals surface area contributed by atoms with Crippen LogP contribution in [0.5, 0.6) is 0 Å². The average molecular weight is 490 g/mol. The van der Waals surface area contributed by atoms with Crippen LogP contribution in [0.15, 0.2) is 15.7 Å². The highest BCUT2D eigenvalue weighted by molar-refractivity contribution is 7.88. The molecule has 1 aliphatic carbocycles. The zero-order valence-electron chi connectivity index (χ0n) is 17.0. The van der Waals surface area contributed by atoms with Crippen molar-refractivity contribution in [2.45, 2.75) is 25.3 Å². The molecule has 32 heavy (non-hydrogen) atoms. The Morgan fingerprint density at radius 1 is 1.31 bits per heavy atom. The highest BCUT2D eigenvalue weighted by Gasteiger charge is 2.33. The van der Waals surface area contributed by atoms with Gasteiger partial charge in [0.25, 0.3) is 5.56 Å². The number of anilines is 1. The Morgan fingerprint density at radius 3 is 2.59 bits per heavy atom. The summed E-state index contributed by atoms with van der Waals surface area (Å²) in [4.78, 5) is 38.4. The number of sulfonamides is 1. The first-order valence-corrected chi connectivity index (χ1v) is 12.1. The van der Waals surface area contributed by atoms with Crippen molar-refractivity contribution >= 4 is 44.3 Å². The molecule has 2 fully saturated rings. The van der Waals surface area contributed by atoms with Gasteiger partial charge in [-0.05, 0) is 31.2 Å². The number of halogens is 2. The Hall–Kier alpha value is -2.64. The van der Waals surface area contributed by atoms with Gasteiger partial charge in [0, 0.05) is 25.7 Å². The highest BCUT2D eigenvalue weighted by atomic mass is 35.5. The fourth-order valence-electron chi connectivity index (χ4n) is 4.04. The van der Waals surface area contributed by atoms with Crippen LogP contribution in [-0.2, 0) is 10.0 Å². The van der Waals surface area contributed by atoms with E-state index < -0.39 is 33.2 Å². The zero-order chi connectivity index (χ0) is 23.4. The molecule has 1 aromatic carbocycles. The number of nitrogens with one attached hydrogen (secondary N) is 2. The number of rotatable bonds is 6. The standard InChI is InChI=1S/C18H21ClFN5O6S/c1-32(30,31)21-7-9-4-5-23(8-9)15-12(20)6-11-14(13(15)19)24(10-2-3-10)18(29)25(16(11)26)22-17(27)28/h6,9-10,21-22H,2-5,7-8H2,1H3,(H,27,28). The van der Waals surface area contributed by atoms with E-state index in [9.17, 15) is 22.8 Å². The smallest absolute Gasteiger partial charge is 0.424 e. The predicted molar refractivity (Wildman–Crippen MR) is 116 cm³/mol. The van der Waals surface area contributed by atoms with Crippen LogP contribution in [0.25, 0.3) is 10.9 Å². The van der Waals surface area contributed by atoms with E-state index in [4.69, 9.17) is 16.7 Å². The SMILES string of the molecule is CS(=O)(=O)NCC1CCN(c2c(F)cc3c(=O)n(NC(=O)O)c(=O)n(C4CC4)c3c2Cl)C1. The second-order valence-corrected chi connectivity index (χ2v) is 10.3. The number of amides is 1. The maximum absolute atomic E-state index is 15.1. The lowest BCUT2D eigenvalue weighted by Crippen LogP contribution is -2.46. The van der Waals surface area contributed by atoms with Crippen LogP contribution in [0, 0.1) is 11.7 Å². The lowest BCUT2D eigenvalue weighted by atomic mass is 10.1. The van der Waals surface area contributed by atoms with Crippen LogP contribution in [0.2, 0.25) is 5.02 Å². The molecule has 0 bridgehead atoms. The molecule has 174 valence electrons. The summed E-state index contributed by atoms with van der Waals surface area (Å²) in [6.07, 6.45) is 1.30. The maximum atomic E-state index is 15.1. The summed E-state index contributed by atoms with van der Waals surface area (Å²) < 4.78 is 41.8. The van der Waals surface area contributed by atoms with Crippen molar-refractivity contribution in [2.24, 2.45) is 5.92 Å². The van der Waals surface area contributed by atoms with E-state index in [1.54, 1.807) is 10.3 Å². The number of carbonyl (C=O) groups is 1. The van der Waals surface area contributed by atoms with Crippen molar-refractivity contribution in [2.75, 3.05) is 36.2 Å². The molecule has 1 unspecified atom stereocenters. The number of fused-ring (bicyclic) bond motifs is 1. The van der Waals surface area contributed by atoms with Gasteiger partial charge in [0.15, 0.2) is 0 Å². The molecular weight excluding hydrogens is 469 g/mol. The van der Waals surface area contributed by atoms with Crippen molar-refractivity contribution in [3.05, 3.63) is 37.7 Å². The molecule has 1 atom stereocenters. The van der Waals surface area contributed by atoms with Gasteiger partial charge in [-0.25, -0.2) is 32.5 Å². The minimum Gasteiger partial charge on any atom is -0.464 e. The molecule has 1 saturated carbocycles. The van der Waals surface area contributed by atoms with E-state index in [2.05, 4.69) is 4.72 Å². The Balaban J connectivity index is 1.82. The highest BCUT2D eigenvalue weighted by Crippen LogP contribution is 2.41. The molecule has 1 aliphatic heterocycles. The summed E-state index contributed by atoms with van der Waals surface area (Å²) in [5.41, 5.74) is -0.0838. The summed E-state index contributed by atoms with van der Waals surface area (Å²) in [6.45, 7) is 0.931. The van der Waals surface area contributed by atoms with Crippen LogP contribution < -0.4 is 26.3 Å². The molecule has 3 N–H and O–H groups in total. The molecule has 11 nitrogen and oxygen atoms in total. The van der Waals surface area contributed by atoms with Gasteiger partial charge in [0.05, 0.1) is 27.9 Å². The largest absolute Gasteiger partial charge is 0.464 e. The Bertz CT molecular complexity index is 1340. The fraction of sp³-hybridized carbons (Fsp3) is 0.500. The van der Waals surface area contributed by atoms with Gasteiger partial charge < -0.3 is 10.0 Å². The minimum atomic E-state index is -3.36. The third-order valence-corrected chi connectivity index (χ3v) is 6.64. The third kappa shape index (κ3) is 4.19. The number of hydrogen-bond acceptors (Lipinski definition) is 6. The Labute approximate surface area is 186 Å². The molecule has 1 saturated heterocycles. The van der Waals surface area contributed by atoms with Gasteiger partial charge in [-0.3, -0.25) is 9.36 Å². The topological polar surface area (TPSA) is 143 Å². The maximum Gasteiger partial charge on any atom is 0.424 e. The second-order valence-electron chi connectivity index (χ2n) is 8.08. The number of aromatic nitrogens is 2. The molecule has 2 aromatic rings. The fourth-order valence-corrected chi connectivity index (χ4v) is 4.98. The van der Waals surface area contributed by atoms with Gasteiger partial charge in [-0.15, -0.1) is 0 Å². The van der Waals surface area contributed by atoms with Gasteiger partial charge in [-0.1, -0.05) is 11.6 Å². The summed E-state index contributed by atoms with van der Waals surface area (Å²) in [7, 11) is -3.36. The lowest BCUT2D eigenvalue weighted by molar-refractivity contribution is 0.205. The molecular formula is C18H21ClFN5O6S. The quantitative estimate of drug-likeness (QED) is 0.546. The van der Waals surface area contributed by atoms with Crippen molar-refractivity contribution < 1.29 is 22.7 Å². The second kappa shape index (κ2) is 8.05. The third-order valence-electron chi connectivity index (χ3n) is 5.60. The van der Waals surface area contributed by atoms with Crippen molar-refractivity contribution in [1.29, 1.82) is 0 Å². The van der Waals surface area contributed by atoms with Crippen molar-refractivity contribution in [1.82, 2.24) is 14.0 Å². The van der Waals surface area contributed by atoms with Crippen molar-refractivity contribution in [3.63, 3.8) is 0 Å². The number of nitrogens with zero attached hydrogens (tertiary/aromatic N) is 3. The summed E-state index contributed by atoms with van der Waals surface area (Å²) in [5, 5.41) is 8.65. The first-order chi connectivity index (χ1) is 15.0. The van der Waals surface area contributed by atoms with Crippen molar-refractivity contribution in [3.8, 4) is 0 Å². The molecule has 2 heterocycles. The molecule has 4 rings (SSSR count). The average Bonchev–Trinajstić information content (AvgIpc) is 3.41. The molecule has 1 aromatic heterocycles. The lowest BCUT2D eigenvalue weighted by Gasteiger charge is -2.23. The molecule has 0 radical (unpaired) electrons. The van der Waals surface area contributed by atoms with E-state index >= 15 is 4.39 Å². The van der Waals surface area contributed by atoms with Crippen LogP contribution in [0.1, 0.15) is 25.3 Å². The molecule has 2 aliphatic rings. The summed E-state index contributed by atoms with van der Waals surface area (Å²) >= 11 is 6.57. The van der Waals surface area contributed by atoms with E-state index in [1.165, 1.54) is 4.57 Å². The predicted octanol–water partition coefficient (Wildman–Crippen LogP) is 0.888. The number of hydrogen-bond donors (Lipinski definition) is 3. The Morgan fingerprint density at radius 2 is 2.00 bits per heavy atom. The first-order valence-electron chi connectivity index (χ1n) is 9.86. The first kappa shape index (κ1) is 22.6. The normalized spacial score (nSPS) is 19.0. The number of benzene rings is 1. The van der Waals surface area contributed by atoms with Gasteiger partial charge in [0.1, 0.15) is 5.82 Å². The monoisotopic (exact) mass is 489 g/mol.